The van der Waals surface area contributed by atoms with Crippen molar-refractivity contribution in [3.63, 3.8) is 0 Å². The number of carboxylic acid groups (broad SMARTS) is 1. The normalized spacial score (nSPS) is 11.3. The third-order valence-corrected chi connectivity index (χ3v) is 3.46. The summed E-state index contributed by atoms with van der Waals surface area (Å²) in [4.78, 5) is 14.6. The van der Waals surface area contributed by atoms with E-state index in [0.717, 1.165) is 11.1 Å². The van der Waals surface area contributed by atoms with Crippen molar-refractivity contribution >= 4 is 28.7 Å². The van der Waals surface area contributed by atoms with Gasteiger partial charge in [0.2, 0.25) is 5.82 Å². The molecule has 0 aliphatic rings. The monoisotopic (exact) mass is 355 g/mol. The Kier molecular flexibility index (Phi) is 5.11. The van der Waals surface area contributed by atoms with Crippen molar-refractivity contribution in [2.75, 3.05) is 6.61 Å². The highest BCUT2D eigenvalue weighted by atomic mass is 35.5. The van der Waals surface area contributed by atoms with Gasteiger partial charge in [0.25, 0.3) is 5.89 Å². The average molecular weight is 356 g/mol. The van der Waals surface area contributed by atoms with Gasteiger partial charge in [-0.3, -0.25) is 0 Å². The molecular formula is C18H12ClN2O4-. The van der Waals surface area contributed by atoms with Crippen LogP contribution in [0.1, 0.15) is 11.5 Å². The van der Waals surface area contributed by atoms with Crippen LogP contribution in [0, 0.1) is 0 Å². The molecule has 0 saturated carbocycles. The molecule has 126 valence electrons. The van der Waals surface area contributed by atoms with Gasteiger partial charge in [-0.05, 0) is 23.8 Å². The lowest BCUT2D eigenvalue weighted by molar-refractivity contribution is -0.307. The van der Waals surface area contributed by atoms with E-state index in [9.17, 15) is 9.90 Å². The predicted molar refractivity (Wildman–Crippen MR) is 90.4 cm³/mol. The zero-order valence-electron chi connectivity index (χ0n) is 12.9. The van der Waals surface area contributed by atoms with Crippen LogP contribution >= 0.6 is 11.6 Å². The summed E-state index contributed by atoms with van der Waals surface area (Å²) in [5, 5.41) is 14.6. The molecule has 0 radical (unpaired) electrons. The number of aromatic nitrogens is 2. The van der Waals surface area contributed by atoms with Crippen LogP contribution in [0.4, 0.5) is 0 Å². The van der Waals surface area contributed by atoms with Gasteiger partial charge in [0.05, 0.1) is 5.97 Å². The summed E-state index contributed by atoms with van der Waals surface area (Å²) >= 11 is 6.23. The first-order valence-electron chi connectivity index (χ1n) is 7.31. The second-order valence-electron chi connectivity index (χ2n) is 5.01. The van der Waals surface area contributed by atoms with Gasteiger partial charge >= 0.3 is 0 Å². The number of benzene rings is 2. The van der Waals surface area contributed by atoms with Crippen molar-refractivity contribution in [2.24, 2.45) is 0 Å². The van der Waals surface area contributed by atoms with Crippen LogP contribution in [-0.4, -0.2) is 22.7 Å². The van der Waals surface area contributed by atoms with E-state index in [1.54, 1.807) is 30.3 Å². The summed E-state index contributed by atoms with van der Waals surface area (Å²) in [6.45, 7) is -0.500. The fraction of sp³-hybridized carbons (Fsp3) is 0.0556. The maximum atomic E-state index is 10.4. The Hall–Kier alpha value is -3.12. The molecule has 3 rings (SSSR count). The first kappa shape index (κ1) is 16.7. The van der Waals surface area contributed by atoms with E-state index < -0.39 is 12.6 Å². The van der Waals surface area contributed by atoms with Crippen molar-refractivity contribution in [1.29, 1.82) is 0 Å². The van der Waals surface area contributed by atoms with Crippen molar-refractivity contribution in [1.82, 2.24) is 10.1 Å². The third-order valence-electron chi connectivity index (χ3n) is 3.19. The predicted octanol–water partition coefficient (Wildman–Crippen LogP) is 2.60. The van der Waals surface area contributed by atoms with Gasteiger partial charge in [-0.25, -0.2) is 0 Å². The van der Waals surface area contributed by atoms with Crippen LogP contribution in [0.5, 0.6) is 5.75 Å². The van der Waals surface area contributed by atoms with Crippen LogP contribution in [0.2, 0.25) is 0 Å². The number of hydrogen-bond donors (Lipinski definition) is 0. The molecule has 0 bridgehead atoms. The van der Waals surface area contributed by atoms with E-state index in [1.807, 2.05) is 30.3 Å². The molecule has 3 aromatic rings. The molecule has 1 aromatic heterocycles. The van der Waals surface area contributed by atoms with Gasteiger partial charge in [-0.15, -0.1) is 0 Å². The van der Waals surface area contributed by atoms with Crippen LogP contribution in [-0.2, 0) is 4.79 Å². The van der Waals surface area contributed by atoms with Gasteiger partial charge in [0.1, 0.15) is 17.4 Å². The lowest BCUT2D eigenvalue weighted by atomic mass is 10.2. The number of ether oxygens (including phenoxy) is 1. The van der Waals surface area contributed by atoms with Crippen molar-refractivity contribution < 1.29 is 19.2 Å². The van der Waals surface area contributed by atoms with Crippen LogP contribution in [0.15, 0.2) is 59.1 Å². The molecule has 6 nitrogen and oxygen atoms in total. The van der Waals surface area contributed by atoms with Gasteiger partial charge in [-0.2, -0.15) is 4.98 Å². The van der Waals surface area contributed by atoms with E-state index in [2.05, 4.69) is 10.1 Å². The Balaban J connectivity index is 1.73. The summed E-state index contributed by atoms with van der Waals surface area (Å²) in [6, 6.07) is 16.1. The highest BCUT2D eigenvalue weighted by Crippen LogP contribution is 2.24. The van der Waals surface area contributed by atoms with Crippen LogP contribution in [0.3, 0.4) is 0 Å². The maximum Gasteiger partial charge on any atom is 0.269 e. The average Bonchev–Trinajstić information content (AvgIpc) is 3.12. The fourth-order valence-electron chi connectivity index (χ4n) is 2.04. The van der Waals surface area contributed by atoms with Crippen LogP contribution < -0.4 is 9.84 Å². The Morgan fingerprint density at radius 2 is 1.88 bits per heavy atom. The number of halogens is 1. The molecule has 7 heteroatoms. The number of hydrogen-bond acceptors (Lipinski definition) is 6. The van der Waals surface area contributed by atoms with Crippen molar-refractivity contribution in [3.8, 4) is 17.1 Å². The number of aliphatic carboxylic acids is 1. The van der Waals surface area contributed by atoms with E-state index >= 15 is 0 Å². The first-order chi connectivity index (χ1) is 12.1. The second-order valence-corrected chi connectivity index (χ2v) is 5.42. The maximum absolute atomic E-state index is 10.4. The van der Waals surface area contributed by atoms with E-state index in [1.165, 1.54) is 0 Å². The number of carboxylic acids is 1. The number of carbonyl (C=O) groups excluding carboxylic acids is 1. The minimum Gasteiger partial charge on any atom is -0.546 e. The SMILES string of the molecule is O=C([O-])COc1ccc(/C=C(\Cl)c2nc(-c3ccccc3)no2)cc1. The van der Waals surface area contributed by atoms with E-state index in [0.29, 0.717) is 11.6 Å². The molecule has 0 atom stereocenters. The standard InChI is InChI=1S/C18H13ClN2O4/c19-15(10-12-6-8-14(9-7-12)24-11-16(22)23)18-20-17(21-25-18)13-4-2-1-3-5-13/h1-10H,11H2,(H,22,23)/p-1/b15-10-. The van der Waals surface area contributed by atoms with Crippen LogP contribution in [0.25, 0.3) is 22.5 Å². The molecular weight excluding hydrogens is 344 g/mol. The number of rotatable bonds is 6. The molecule has 0 unspecified atom stereocenters. The Bertz CT molecular complexity index is 889. The largest absolute Gasteiger partial charge is 0.546 e. The number of carbonyl (C=O) groups is 1. The quantitative estimate of drug-likeness (QED) is 0.675. The molecule has 1 heterocycles. The molecule has 0 N–H and O–H groups in total. The van der Waals surface area contributed by atoms with Gasteiger partial charge in [0.15, 0.2) is 0 Å². The molecule has 25 heavy (non-hydrogen) atoms. The zero-order chi connectivity index (χ0) is 17.6. The Labute approximate surface area is 148 Å². The molecule has 0 amide bonds. The van der Waals surface area contributed by atoms with Gasteiger partial charge < -0.3 is 19.2 Å². The van der Waals surface area contributed by atoms with Gasteiger partial charge in [0, 0.05) is 5.56 Å². The molecule has 2 aromatic carbocycles. The third kappa shape index (κ3) is 4.45. The smallest absolute Gasteiger partial charge is 0.269 e. The summed E-state index contributed by atoms with van der Waals surface area (Å²) in [5.41, 5.74) is 1.60. The van der Waals surface area contributed by atoms with Crippen molar-refractivity contribution in [3.05, 3.63) is 66.1 Å². The highest BCUT2D eigenvalue weighted by molar-refractivity contribution is 6.50. The fourth-order valence-corrected chi connectivity index (χ4v) is 2.24. The molecule has 0 aliphatic carbocycles. The summed E-state index contributed by atoms with van der Waals surface area (Å²) < 4.78 is 10.2. The molecule has 0 aliphatic heterocycles. The first-order valence-corrected chi connectivity index (χ1v) is 7.69. The summed E-state index contributed by atoms with van der Waals surface area (Å²) in [6.07, 6.45) is 1.66. The Morgan fingerprint density at radius 1 is 1.16 bits per heavy atom. The lowest BCUT2D eigenvalue weighted by Gasteiger charge is -2.06. The Morgan fingerprint density at radius 3 is 2.56 bits per heavy atom. The summed E-state index contributed by atoms with van der Waals surface area (Å²) in [5.74, 6) is -0.203. The highest BCUT2D eigenvalue weighted by Gasteiger charge is 2.11. The molecule has 0 spiro atoms. The molecule has 0 saturated heterocycles. The molecule has 0 fully saturated rings. The minimum absolute atomic E-state index is 0.206. The topological polar surface area (TPSA) is 88.3 Å². The minimum atomic E-state index is -1.28. The van der Waals surface area contributed by atoms with Gasteiger partial charge in [-0.1, -0.05) is 59.2 Å². The van der Waals surface area contributed by atoms with E-state index in [4.69, 9.17) is 20.9 Å². The number of nitrogens with zero attached hydrogens (tertiary/aromatic N) is 2. The summed E-state index contributed by atoms with van der Waals surface area (Å²) in [7, 11) is 0. The van der Waals surface area contributed by atoms with Crippen molar-refractivity contribution in [2.45, 2.75) is 0 Å². The second kappa shape index (κ2) is 7.63. The lowest BCUT2D eigenvalue weighted by Crippen LogP contribution is -2.28. The zero-order valence-corrected chi connectivity index (χ0v) is 13.6. The van der Waals surface area contributed by atoms with E-state index in [-0.39, 0.29) is 10.9 Å².